The third-order valence-corrected chi connectivity index (χ3v) is 2.91. The molecule has 0 aliphatic rings. The summed E-state index contributed by atoms with van der Waals surface area (Å²) in [6, 6.07) is 5.07. The number of carboxylic acid groups (broad SMARTS) is 1. The Labute approximate surface area is 123 Å². The van der Waals surface area contributed by atoms with Crippen molar-refractivity contribution in [2.24, 2.45) is 0 Å². The van der Waals surface area contributed by atoms with Gasteiger partial charge in [-0.2, -0.15) is 5.26 Å². The van der Waals surface area contributed by atoms with Crippen molar-refractivity contribution in [2.75, 3.05) is 6.61 Å². The van der Waals surface area contributed by atoms with E-state index in [1.165, 1.54) is 17.0 Å². The standard InChI is InChI=1S/C15H19FN2O3/c1-10(18(14(19)20)15(2,3)4)9-21-13-6-5-12(16)7-11(13)8-17/h5-7,10H,9H2,1-4H3,(H,19,20). The number of benzene rings is 1. The molecule has 0 aliphatic heterocycles. The summed E-state index contributed by atoms with van der Waals surface area (Å²) < 4.78 is 18.5. The highest BCUT2D eigenvalue weighted by Gasteiger charge is 2.31. The SMILES string of the molecule is CC(COc1ccc(F)cc1C#N)N(C(=O)O)C(C)(C)C. The highest BCUT2D eigenvalue weighted by molar-refractivity contribution is 5.66. The molecule has 0 saturated carbocycles. The Bertz CT molecular complexity index is 561. The second kappa shape index (κ2) is 6.44. The lowest BCUT2D eigenvalue weighted by Gasteiger charge is -2.37. The number of ether oxygens (including phenoxy) is 1. The average molecular weight is 294 g/mol. The van der Waals surface area contributed by atoms with Crippen molar-refractivity contribution in [3.05, 3.63) is 29.6 Å². The van der Waals surface area contributed by atoms with Gasteiger partial charge in [0.25, 0.3) is 0 Å². The van der Waals surface area contributed by atoms with Gasteiger partial charge in [-0.05, 0) is 45.9 Å². The lowest BCUT2D eigenvalue weighted by molar-refractivity contribution is 0.0577. The van der Waals surface area contributed by atoms with Crippen molar-refractivity contribution in [3.63, 3.8) is 0 Å². The van der Waals surface area contributed by atoms with Crippen LogP contribution in [0.5, 0.6) is 5.75 Å². The minimum Gasteiger partial charge on any atom is -0.490 e. The van der Waals surface area contributed by atoms with E-state index in [1.807, 2.05) is 6.07 Å². The maximum Gasteiger partial charge on any atom is 0.408 e. The molecular weight excluding hydrogens is 275 g/mol. The van der Waals surface area contributed by atoms with E-state index in [1.54, 1.807) is 27.7 Å². The number of amides is 1. The van der Waals surface area contributed by atoms with Crippen molar-refractivity contribution in [1.82, 2.24) is 4.90 Å². The van der Waals surface area contributed by atoms with Gasteiger partial charge >= 0.3 is 6.09 Å². The Kier molecular flexibility index (Phi) is 5.14. The topological polar surface area (TPSA) is 73.6 Å². The summed E-state index contributed by atoms with van der Waals surface area (Å²) in [6.07, 6.45) is -1.04. The molecule has 0 fully saturated rings. The molecule has 1 aromatic rings. The third-order valence-electron chi connectivity index (χ3n) is 2.91. The van der Waals surface area contributed by atoms with Gasteiger partial charge in [0.1, 0.15) is 24.2 Å². The molecule has 0 bridgehead atoms. The van der Waals surface area contributed by atoms with Crippen LogP contribution in [0, 0.1) is 17.1 Å². The second-order valence-corrected chi connectivity index (χ2v) is 5.74. The van der Waals surface area contributed by atoms with E-state index in [2.05, 4.69) is 0 Å². The van der Waals surface area contributed by atoms with Crippen LogP contribution in [0.15, 0.2) is 18.2 Å². The van der Waals surface area contributed by atoms with Crippen molar-refractivity contribution in [2.45, 2.75) is 39.3 Å². The Morgan fingerprint density at radius 2 is 2.14 bits per heavy atom. The van der Waals surface area contributed by atoms with Crippen molar-refractivity contribution in [3.8, 4) is 11.8 Å². The molecule has 1 N–H and O–H groups in total. The van der Waals surface area contributed by atoms with Gasteiger partial charge in [0, 0.05) is 5.54 Å². The molecule has 1 rings (SSSR count). The van der Waals surface area contributed by atoms with Crippen molar-refractivity contribution < 1.29 is 19.0 Å². The lowest BCUT2D eigenvalue weighted by atomic mass is 10.0. The first-order valence-corrected chi connectivity index (χ1v) is 6.51. The normalized spacial score (nSPS) is 12.4. The molecule has 0 aromatic heterocycles. The van der Waals surface area contributed by atoms with Gasteiger partial charge in [-0.3, -0.25) is 4.90 Å². The van der Waals surface area contributed by atoms with Crippen LogP contribution in [-0.4, -0.2) is 34.3 Å². The summed E-state index contributed by atoms with van der Waals surface area (Å²) in [5, 5.41) is 18.2. The van der Waals surface area contributed by atoms with Crippen LogP contribution in [-0.2, 0) is 0 Å². The number of nitrogens with zero attached hydrogens (tertiary/aromatic N) is 2. The third kappa shape index (κ3) is 4.35. The monoisotopic (exact) mass is 294 g/mol. The minimum atomic E-state index is -1.04. The number of rotatable bonds is 4. The van der Waals surface area contributed by atoms with Crippen molar-refractivity contribution >= 4 is 6.09 Å². The average Bonchev–Trinajstić information content (AvgIpc) is 2.34. The summed E-state index contributed by atoms with van der Waals surface area (Å²) in [5.41, 5.74) is -0.491. The number of hydrogen-bond acceptors (Lipinski definition) is 3. The first kappa shape index (κ1) is 16.8. The first-order valence-electron chi connectivity index (χ1n) is 6.51. The van der Waals surface area contributed by atoms with Crippen LogP contribution in [0.25, 0.3) is 0 Å². The van der Waals surface area contributed by atoms with Gasteiger partial charge in [0.2, 0.25) is 0 Å². The summed E-state index contributed by atoms with van der Waals surface area (Å²) in [6.45, 7) is 7.15. The molecule has 1 atom stereocenters. The van der Waals surface area contributed by atoms with E-state index in [-0.39, 0.29) is 17.9 Å². The van der Waals surface area contributed by atoms with E-state index in [4.69, 9.17) is 10.00 Å². The molecule has 0 saturated heterocycles. The van der Waals surface area contributed by atoms with E-state index in [9.17, 15) is 14.3 Å². The van der Waals surface area contributed by atoms with Gasteiger partial charge in [-0.25, -0.2) is 9.18 Å². The van der Waals surface area contributed by atoms with E-state index in [0.717, 1.165) is 6.07 Å². The zero-order valence-corrected chi connectivity index (χ0v) is 12.6. The fourth-order valence-electron chi connectivity index (χ4n) is 2.14. The van der Waals surface area contributed by atoms with Crippen LogP contribution in [0.1, 0.15) is 33.3 Å². The summed E-state index contributed by atoms with van der Waals surface area (Å²) in [7, 11) is 0. The van der Waals surface area contributed by atoms with Crippen molar-refractivity contribution in [1.29, 1.82) is 5.26 Å². The summed E-state index contributed by atoms with van der Waals surface area (Å²) >= 11 is 0. The fourth-order valence-corrected chi connectivity index (χ4v) is 2.14. The highest BCUT2D eigenvalue weighted by Crippen LogP contribution is 2.21. The molecule has 0 spiro atoms. The lowest BCUT2D eigenvalue weighted by Crippen LogP contribution is -2.52. The quantitative estimate of drug-likeness (QED) is 0.925. The molecule has 114 valence electrons. The number of hydrogen-bond donors (Lipinski definition) is 1. The largest absolute Gasteiger partial charge is 0.490 e. The highest BCUT2D eigenvalue weighted by atomic mass is 19.1. The van der Waals surface area contributed by atoms with Gasteiger partial charge in [-0.15, -0.1) is 0 Å². The molecule has 1 aromatic carbocycles. The maximum atomic E-state index is 13.0. The van der Waals surface area contributed by atoms with E-state index >= 15 is 0 Å². The second-order valence-electron chi connectivity index (χ2n) is 5.74. The maximum absolute atomic E-state index is 13.0. The summed E-state index contributed by atoms with van der Waals surface area (Å²) in [4.78, 5) is 12.6. The molecule has 1 unspecified atom stereocenters. The Balaban J connectivity index is 2.83. The van der Waals surface area contributed by atoms with Crippen LogP contribution in [0.2, 0.25) is 0 Å². The molecule has 21 heavy (non-hydrogen) atoms. The predicted octanol–water partition coefficient (Wildman–Crippen LogP) is 3.24. The summed E-state index contributed by atoms with van der Waals surface area (Å²) in [5.74, 6) is -0.279. The molecule has 0 heterocycles. The molecule has 5 nitrogen and oxygen atoms in total. The van der Waals surface area contributed by atoms with Gasteiger partial charge in [-0.1, -0.05) is 0 Å². The Morgan fingerprint density at radius 3 is 2.62 bits per heavy atom. The first-order chi connectivity index (χ1) is 9.66. The van der Waals surface area contributed by atoms with Gasteiger partial charge in [0.15, 0.2) is 0 Å². The minimum absolute atomic E-state index is 0.0733. The Morgan fingerprint density at radius 1 is 1.52 bits per heavy atom. The van der Waals surface area contributed by atoms with Crippen LogP contribution in [0.3, 0.4) is 0 Å². The van der Waals surface area contributed by atoms with Crippen LogP contribution in [0.4, 0.5) is 9.18 Å². The van der Waals surface area contributed by atoms with Gasteiger partial charge in [0.05, 0.1) is 11.6 Å². The molecule has 1 amide bonds. The van der Waals surface area contributed by atoms with Crippen LogP contribution >= 0.6 is 0 Å². The number of carbonyl (C=O) groups is 1. The fraction of sp³-hybridized carbons (Fsp3) is 0.467. The molecule has 0 radical (unpaired) electrons. The van der Waals surface area contributed by atoms with E-state index in [0.29, 0.717) is 0 Å². The van der Waals surface area contributed by atoms with Crippen LogP contribution < -0.4 is 4.74 Å². The predicted molar refractivity (Wildman–Crippen MR) is 75.7 cm³/mol. The molecular formula is C15H19FN2O3. The zero-order valence-electron chi connectivity index (χ0n) is 12.6. The molecule has 6 heteroatoms. The smallest absolute Gasteiger partial charge is 0.408 e. The van der Waals surface area contributed by atoms with E-state index < -0.39 is 23.5 Å². The van der Waals surface area contributed by atoms with Gasteiger partial charge < -0.3 is 9.84 Å². The number of nitriles is 1. The Hall–Kier alpha value is -2.29. The zero-order chi connectivity index (χ0) is 16.2. The molecule has 0 aliphatic carbocycles. The number of halogens is 1.